The van der Waals surface area contributed by atoms with Crippen LogP contribution in [0.5, 0.6) is 0 Å². The Labute approximate surface area is 171 Å². The number of aromatic nitrogens is 1. The summed E-state index contributed by atoms with van der Waals surface area (Å²) in [6, 6.07) is 16.8. The molecule has 1 heterocycles. The number of halogens is 2. The highest BCUT2D eigenvalue weighted by Gasteiger charge is 2.25. The molecule has 0 aliphatic heterocycles. The molecule has 0 unspecified atom stereocenters. The molecule has 0 atom stereocenters. The molecule has 8 heteroatoms. The first kappa shape index (κ1) is 19.8. The summed E-state index contributed by atoms with van der Waals surface area (Å²) in [5.41, 5.74) is 1.37. The normalized spacial score (nSPS) is 11.6. The molecular formula is C22H15F2NO4S. The zero-order chi connectivity index (χ0) is 21.5. The summed E-state index contributed by atoms with van der Waals surface area (Å²) in [5, 5.41) is 0.456. The Morgan fingerprint density at radius 3 is 2.20 bits per heavy atom. The molecule has 0 saturated carbocycles. The summed E-state index contributed by atoms with van der Waals surface area (Å²) in [7, 11) is -3.12. The van der Waals surface area contributed by atoms with Gasteiger partial charge in [-0.1, -0.05) is 30.3 Å². The number of carbonyl (C=O) groups excluding carboxylic acids is 1. The van der Waals surface area contributed by atoms with E-state index in [1.54, 1.807) is 36.4 Å². The van der Waals surface area contributed by atoms with Crippen molar-refractivity contribution < 1.29 is 26.7 Å². The minimum absolute atomic E-state index is 0.246. The van der Waals surface area contributed by atoms with E-state index in [4.69, 9.17) is 4.74 Å². The maximum atomic E-state index is 13.8. The lowest BCUT2D eigenvalue weighted by atomic mass is 10.1. The van der Waals surface area contributed by atoms with Crippen molar-refractivity contribution in [3.05, 3.63) is 90.0 Å². The van der Waals surface area contributed by atoms with Gasteiger partial charge in [0.05, 0.1) is 28.8 Å². The van der Waals surface area contributed by atoms with Crippen molar-refractivity contribution >= 4 is 26.9 Å². The van der Waals surface area contributed by atoms with Gasteiger partial charge in [-0.3, -0.25) is 0 Å². The molecule has 0 saturated heterocycles. The standard InChI is InChI=1S/C22H15F2NO4S/c1-29-22(26)15-7-8-20-16(9-15)10-21(14-5-3-2-4-6-14)25(20)30(27,28)19-12-17(23)11-18(24)13-19/h2-13H,1H3. The highest BCUT2D eigenvalue weighted by Crippen LogP contribution is 2.33. The number of methoxy groups -OCH3 is 1. The first-order chi connectivity index (χ1) is 14.3. The van der Waals surface area contributed by atoms with E-state index in [-0.39, 0.29) is 16.8 Å². The Kier molecular flexibility index (Phi) is 4.87. The number of benzene rings is 3. The zero-order valence-corrected chi connectivity index (χ0v) is 16.5. The van der Waals surface area contributed by atoms with Gasteiger partial charge in [0, 0.05) is 11.5 Å². The summed E-state index contributed by atoms with van der Waals surface area (Å²) in [6.07, 6.45) is 0. The van der Waals surface area contributed by atoms with Crippen molar-refractivity contribution in [3.8, 4) is 11.3 Å². The third-order valence-electron chi connectivity index (χ3n) is 4.62. The van der Waals surface area contributed by atoms with Crippen LogP contribution in [-0.2, 0) is 14.8 Å². The van der Waals surface area contributed by atoms with Crippen molar-refractivity contribution in [1.82, 2.24) is 3.97 Å². The lowest BCUT2D eigenvalue weighted by Crippen LogP contribution is -2.15. The fraction of sp³-hybridized carbons (Fsp3) is 0.0455. The van der Waals surface area contributed by atoms with Crippen molar-refractivity contribution in [2.75, 3.05) is 7.11 Å². The number of nitrogens with zero attached hydrogens (tertiary/aromatic N) is 1. The predicted octanol–water partition coefficient (Wildman–Crippen LogP) is 4.61. The van der Waals surface area contributed by atoms with Gasteiger partial charge in [0.15, 0.2) is 0 Å². The number of ether oxygens (including phenoxy) is 1. The van der Waals surface area contributed by atoms with E-state index >= 15 is 0 Å². The maximum Gasteiger partial charge on any atom is 0.337 e. The van der Waals surface area contributed by atoms with Gasteiger partial charge in [-0.2, -0.15) is 0 Å². The van der Waals surface area contributed by atoms with Crippen LogP contribution in [0, 0.1) is 11.6 Å². The number of esters is 1. The SMILES string of the molecule is COC(=O)c1ccc2c(c1)cc(-c1ccccc1)n2S(=O)(=O)c1cc(F)cc(F)c1. The summed E-state index contributed by atoms with van der Waals surface area (Å²) in [5.74, 6) is -2.57. The van der Waals surface area contributed by atoms with Crippen molar-refractivity contribution in [1.29, 1.82) is 0 Å². The largest absolute Gasteiger partial charge is 0.465 e. The summed E-state index contributed by atoms with van der Waals surface area (Å²) in [4.78, 5) is 11.4. The van der Waals surface area contributed by atoms with Gasteiger partial charge in [0.1, 0.15) is 11.6 Å². The second-order valence-electron chi connectivity index (χ2n) is 6.54. The van der Waals surface area contributed by atoms with Crippen LogP contribution in [-0.4, -0.2) is 25.5 Å². The van der Waals surface area contributed by atoms with Crippen molar-refractivity contribution in [2.45, 2.75) is 4.90 Å². The van der Waals surface area contributed by atoms with E-state index in [2.05, 4.69) is 0 Å². The van der Waals surface area contributed by atoms with Gasteiger partial charge >= 0.3 is 5.97 Å². The molecule has 0 radical (unpaired) electrons. The molecule has 0 amide bonds. The molecule has 0 N–H and O–H groups in total. The average Bonchev–Trinajstić information content (AvgIpc) is 3.12. The molecule has 1 aromatic heterocycles. The van der Waals surface area contributed by atoms with Crippen LogP contribution < -0.4 is 0 Å². The van der Waals surface area contributed by atoms with Crippen LogP contribution in [0.15, 0.2) is 77.7 Å². The second kappa shape index (κ2) is 7.38. The summed E-state index contributed by atoms with van der Waals surface area (Å²) >= 11 is 0. The molecule has 4 rings (SSSR count). The van der Waals surface area contributed by atoms with E-state index in [0.29, 0.717) is 17.0 Å². The van der Waals surface area contributed by atoms with E-state index in [1.165, 1.54) is 25.3 Å². The van der Waals surface area contributed by atoms with Gasteiger partial charge in [0.25, 0.3) is 10.0 Å². The number of fused-ring (bicyclic) bond motifs is 1. The monoisotopic (exact) mass is 427 g/mol. The first-order valence-corrected chi connectivity index (χ1v) is 10.3. The minimum Gasteiger partial charge on any atom is -0.465 e. The lowest BCUT2D eigenvalue weighted by Gasteiger charge is -2.13. The molecule has 0 aliphatic rings. The Morgan fingerprint density at radius 2 is 1.57 bits per heavy atom. The van der Waals surface area contributed by atoms with Crippen LogP contribution in [0.4, 0.5) is 8.78 Å². The van der Waals surface area contributed by atoms with Crippen molar-refractivity contribution in [3.63, 3.8) is 0 Å². The first-order valence-electron chi connectivity index (χ1n) is 8.82. The molecule has 0 fully saturated rings. The number of rotatable bonds is 4. The Hall–Kier alpha value is -3.52. The van der Waals surface area contributed by atoms with Crippen LogP contribution in [0.2, 0.25) is 0 Å². The molecule has 152 valence electrons. The van der Waals surface area contributed by atoms with Gasteiger partial charge in [-0.15, -0.1) is 0 Å². The lowest BCUT2D eigenvalue weighted by molar-refractivity contribution is 0.0601. The molecule has 0 aliphatic carbocycles. The highest BCUT2D eigenvalue weighted by atomic mass is 32.2. The van der Waals surface area contributed by atoms with E-state index in [9.17, 15) is 22.0 Å². The van der Waals surface area contributed by atoms with Crippen LogP contribution in [0.25, 0.3) is 22.2 Å². The van der Waals surface area contributed by atoms with E-state index < -0.39 is 32.5 Å². The van der Waals surface area contributed by atoms with Crippen LogP contribution >= 0.6 is 0 Å². The van der Waals surface area contributed by atoms with Gasteiger partial charge < -0.3 is 4.74 Å². The zero-order valence-electron chi connectivity index (χ0n) is 15.7. The smallest absolute Gasteiger partial charge is 0.337 e. The number of carbonyl (C=O) groups is 1. The molecule has 4 aromatic rings. The molecule has 30 heavy (non-hydrogen) atoms. The number of hydrogen-bond donors (Lipinski definition) is 0. The third kappa shape index (κ3) is 3.35. The Bertz CT molecular complexity index is 1360. The molecular weight excluding hydrogens is 412 g/mol. The van der Waals surface area contributed by atoms with Gasteiger partial charge in [0.2, 0.25) is 0 Å². The maximum absolute atomic E-state index is 13.8. The average molecular weight is 427 g/mol. The fourth-order valence-corrected chi connectivity index (χ4v) is 4.86. The van der Waals surface area contributed by atoms with Crippen LogP contribution in [0.1, 0.15) is 10.4 Å². The predicted molar refractivity (Wildman–Crippen MR) is 108 cm³/mol. The Morgan fingerprint density at radius 1 is 0.900 bits per heavy atom. The van der Waals surface area contributed by atoms with Gasteiger partial charge in [-0.05, 0) is 42.0 Å². The highest BCUT2D eigenvalue weighted by molar-refractivity contribution is 7.90. The van der Waals surface area contributed by atoms with E-state index in [1.807, 2.05) is 0 Å². The third-order valence-corrected chi connectivity index (χ3v) is 6.33. The molecule has 5 nitrogen and oxygen atoms in total. The quantitative estimate of drug-likeness (QED) is 0.446. The summed E-state index contributed by atoms with van der Waals surface area (Å²) in [6.45, 7) is 0. The van der Waals surface area contributed by atoms with Gasteiger partial charge in [-0.25, -0.2) is 26.0 Å². The second-order valence-corrected chi connectivity index (χ2v) is 8.32. The molecule has 0 bridgehead atoms. The topological polar surface area (TPSA) is 65.4 Å². The molecule has 0 spiro atoms. The number of hydrogen-bond acceptors (Lipinski definition) is 4. The molecule has 3 aromatic carbocycles. The Balaban J connectivity index is 2.05. The summed E-state index contributed by atoms with van der Waals surface area (Å²) < 4.78 is 60.1. The van der Waals surface area contributed by atoms with E-state index in [0.717, 1.165) is 16.1 Å². The fourth-order valence-electron chi connectivity index (χ4n) is 3.29. The van der Waals surface area contributed by atoms with Crippen LogP contribution in [0.3, 0.4) is 0 Å². The minimum atomic E-state index is -4.36. The van der Waals surface area contributed by atoms with Crippen molar-refractivity contribution in [2.24, 2.45) is 0 Å².